The monoisotopic (exact) mass is 361 g/mol. The number of piperidine rings is 1. The molecule has 0 spiro atoms. The molecular formula is C17H23N5O4. The summed E-state index contributed by atoms with van der Waals surface area (Å²) in [5.41, 5.74) is 9.96. The van der Waals surface area contributed by atoms with Gasteiger partial charge in [-0.2, -0.15) is 0 Å². The number of benzene rings is 1. The number of azide groups is 1. The summed E-state index contributed by atoms with van der Waals surface area (Å²) in [4.78, 5) is 25.7. The number of imide groups is 1. The summed E-state index contributed by atoms with van der Waals surface area (Å²) in [6.07, 6.45) is 0.930. The van der Waals surface area contributed by atoms with Gasteiger partial charge in [0.25, 0.3) is 0 Å². The van der Waals surface area contributed by atoms with Crippen molar-refractivity contribution >= 4 is 17.5 Å². The highest BCUT2D eigenvalue weighted by Gasteiger charge is 2.27. The second-order valence-corrected chi connectivity index (χ2v) is 5.73. The maximum Gasteiger partial charge on any atom is 0.234 e. The molecular weight excluding hydrogens is 338 g/mol. The minimum atomic E-state index is -0.260. The Morgan fingerprint density at radius 3 is 2.58 bits per heavy atom. The molecule has 1 saturated heterocycles. The number of ether oxygens (including phenoxy) is 2. The average Bonchev–Trinajstić information content (AvgIpc) is 2.64. The number of carbonyl (C=O) groups excluding carboxylic acids is 2. The quantitative estimate of drug-likeness (QED) is 0.205. The van der Waals surface area contributed by atoms with Crippen LogP contribution >= 0.6 is 0 Å². The number of carbonyl (C=O) groups is 2. The first-order chi connectivity index (χ1) is 12.7. The minimum Gasteiger partial charge on any atom is -0.383 e. The Labute approximate surface area is 151 Å². The van der Waals surface area contributed by atoms with Gasteiger partial charge in [-0.05, 0) is 29.6 Å². The van der Waals surface area contributed by atoms with E-state index in [-0.39, 0.29) is 17.7 Å². The molecule has 1 aromatic rings. The van der Waals surface area contributed by atoms with Crippen molar-refractivity contribution in [2.45, 2.75) is 18.8 Å². The van der Waals surface area contributed by atoms with Gasteiger partial charge in [-0.1, -0.05) is 17.2 Å². The van der Waals surface area contributed by atoms with Crippen molar-refractivity contribution in [3.05, 3.63) is 40.3 Å². The normalized spacial score (nSPS) is 16.7. The molecule has 2 N–H and O–H groups in total. The molecule has 1 heterocycles. The van der Waals surface area contributed by atoms with E-state index in [0.717, 1.165) is 11.3 Å². The maximum atomic E-state index is 11.9. The van der Waals surface area contributed by atoms with Crippen molar-refractivity contribution < 1.29 is 19.1 Å². The zero-order valence-electron chi connectivity index (χ0n) is 14.5. The molecule has 1 unspecified atom stereocenters. The van der Waals surface area contributed by atoms with E-state index in [1.54, 1.807) is 0 Å². The van der Waals surface area contributed by atoms with Crippen LogP contribution in [0.15, 0.2) is 29.4 Å². The predicted octanol–water partition coefficient (Wildman–Crippen LogP) is 1.96. The molecule has 9 nitrogen and oxygen atoms in total. The molecule has 1 fully saturated rings. The predicted molar refractivity (Wildman–Crippen MR) is 95.7 cm³/mol. The van der Waals surface area contributed by atoms with Crippen LogP contribution < -0.4 is 10.6 Å². The summed E-state index contributed by atoms with van der Waals surface area (Å²) in [6, 6.07) is 7.64. The van der Waals surface area contributed by atoms with Crippen LogP contribution in [0, 0.1) is 0 Å². The highest BCUT2D eigenvalue weighted by atomic mass is 16.5. The molecule has 1 atom stereocenters. The molecule has 2 amide bonds. The van der Waals surface area contributed by atoms with Crippen molar-refractivity contribution in [2.24, 2.45) is 5.11 Å². The van der Waals surface area contributed by atoms with Crippen molar-refractivity contribution in [1.29, 1.82) is 0 Å². The molecule has 9 heteroatoms. The Balaban J connectivity index is 1.60. The Morgan fingerprint density at radius 1 is 1.15 bits per heavy atom. The van der Waals surface area contributed by atoms with Crippen LogP contribution in [-0.2, 0) is 19.1 Å². The van der Waals surface area contributed by atoms with Gasteiger partial charge in [0.1, 0.15) is 0 Å². The molecule has 140 valence electrons. The van der Waals surface area contributed by atoms with Gasteiger partial charge >= 0.3 is 0 Å². The number of nitrogens with zero attached hydrogens (tertiary/aromatic N) is 3. The second kappa shape index (κ2) is 11.1. The standard InChI is InChI=1S/C17H23N5O4/c18-22-20-8-10-26-12-11-25-9-7-19-14-3-1-13(2-4-14)15-5-6-16(23)21-17(15)24/h1-4,15,19H,5-12H2,(H,21,23,24). The third-order valence-electron chi connectivity index (χ3n) is 3.90. The third kappa shape index (κ3) is 6.72. The first-order valence-corrected chi connectivity index (χ1v) is 8.54. The summed E-state index contributed by atoms with van der Waals surface area (Å²) in [5.74, 6) is -0.688. The van der Waals surface area contributed by atoms with Crippen LogP contribution in [0.4, 0.5) is 5.69 Å². The fourth-order valence-corrected chi connectivity index (χ4v) is 2.58. The first kappa shape index (κ1) is 19.7. The molecule has 1 aromatic carbocycles. The van der Waals surface area contributed by atoms with Crippen molar-refractivity contribution in [2.75, 3.05) is 44.8 Å². The SMILES string of the molecule is [N-]=[N+]=NCCOCCOCCNc1ccc(C2CCC(=O)NC2=O)cc1. The van der Waals surface area contributed by atoms with E-state index in [9.17, 15) is 9.59 Å². The van der Waals surface area contributed by atoms with Gasteiger partial charge in [-0.15, -0.1) is 0 Å². The Kier molecular flexibility index (Phi) is 8.41. The minimum absolute atomic E-state index is 0.203. The molecule has 0 aromatic heterocycles. The lowest BCUT2D eigenvalue weighted by molar-refractivity contribution is -0.134. The largest absolute Gasteiger partial charge is 0.383 e. The van der Waals surface area contributed by atoms with E-state index >= 15 is 0 Å². The summed E-state index contributed by atoms with van der Waals surface area (Å²) in [5, 5.41) is 8.97. The van der Waals surface area contributed by atoms with Gasteiger partial charge in [0.2, 0.25) is 11.8 Å². The van der Waals surface area contributed by atoms with E-state index in [1.165, 1.54) is 0 Å². The summed E-state index contributed by atoms with van der Waals surface area (Å²) < 4.78 is 10.7. The number of nitrogens with one attached hydrogen (secondary N) is 2. The lowest BCUT2D eigenvalue weighted by atomic mass is 9.90. The molecule has 0 bridgehead atoms. The smallest absolute Gasteiger partial charge is 0.234 e. The van der Waals surface area contributed by atoms with Gasteiger partial charge in [0.05, 0.1) is 32.3 Å². The van der Waals surface area contributed by atoms with E-state index in [1.807, 2.05) is 24.3 Å². The zero-order chi connectivity index (χ0) is 18.6. The average molecular weight is 361 g/mol. The number of rotatable bonds is 11. The highest BCUT2D eigenvalue weighted by Crippen LogP contribution is 2.25. The molecule has 2 rings (SSSR count). The van der Waals surface area contributed by atoms with Gasteiger partial charge in [0, 0.05) is 30.1 Å². The number of hydrogen-bond acceptors (Lipinski definition) is 6. The van der Waals surface area contributed by atoms with Crippen LogP contribution in [0.3, 0.4) is 0 Å². The number of amides is 2. The Morgan fingerprint density at radius 2 is 1.88 bits per heavy atom. The summed E-state index contributed by atoms with van der Waals surface area (Å²) in [7, 11) is 0. The zero-order valence-corrected chi connectivity index (χ0v) is 14.5. The van der Waals surface area contributed by atoms with Crippen LogP contribution in [-0.4, -0.2) is 51.3 Å². The summed E-state index contributed by atoms with van der Waals surface area (Å²) in [6.45, 7) is 2.84. The fraction of sp³-hybridized carbons (Fsp3) is 0.529. The van der Waals surface area contributed by atoms with Gasteiger partial charge in [0.15, 0.2) is 0 Å². The lowest BCUT2D eigenvalue weighted by Crippen LogP contribution is -2.39. The second-order valence-electron chi connectivity index (χ2n) is 5.73. The van der Waals surface area contributed by atoms with Crippen molar-refractivity contribution in [3.8, 4) is 0 Å². The Hall–Kier alpha value is -2.61. The highest BCUT2D eigenvalue weighted by molar-refractivity contribution is 6.00. The van der Waals surface area contributed by atoms with E-state index in [4.69, 9.17) is 15.0 Å². The van der Waals surface area contributed by atoms with E-state index in [2.05, 4.69) is 20.7 Å². The number of anilines is 1. The number of hydrogen-bond donors (Lipinski definition) is 2. The van der Waals surface area contributed by atoms with Gasteiger partial charge in [-0.3, -0.25) is 14.9 Å². The molecule has 1 aliphatic rings. The summed E-state index contributed by atoms with van der Waals surface area (Å²) >= 11 is 0. The van der Waals surface area contributed by atoms with Crippen LogP contribution in [0.25, 0.3) is 10.4 Å². The van der Waals surface area contributed by atoms with Crippen LogP contribution in [0.2, 0.25) is 0 Å². The fourth-order valence-electron chi connectivity index (χ4n) is 2.58. The maximum absolute atomic E-state index is 11.9. The molecule has 0 saturated carbocycles. The van der Waals surface area contributed by atoms with Crippen molar-refractivity contribution in [3.63, 3.8) is 0 Å². The van der Waals surface area contributed by atoms with Crippen LogP contribution in [0.5, 0.6) is 0 Å². The third-order valence-corrected chi connectivity index (χ3v) is 3.90. The molecule has 1 aliphatic heterocycles. The van der Waals surface area contributed by atoms with E-state index in [0.29, 0.717) is 52.4 Å². The van der Waals surface area contributed by atoms with Gasteiger partial charge in [-0.25, -0.2) is 0 Å². The van der Waals surface area contributed by atoms with Crippen LogP contribution in [0.1, 0.15) is 24.3 Å². The van der Waals surface area contributed by atoms with Gasteiger partial charge < -0.3 is 14.8 Å². The molecule has 0 aliphatic carbocycles. The van der Waals surface area contributed by atoms with Crippen molar-refractivity contribution in [1.82, 2.24) is 5.32 Å². The topological polar surface area (TPSA) is 125 Å². The molecule has 0 radical (unpaired) electrons. The lowest BCUT2D eigenvalue weighted by Gasteiger charge is -2.21. The molecule has 26 heavy (non-hydrogen) atoms. The van der Waals surface area contributed by atoms with E-state index < -0.39 is 0 Å². The Bertz CT molecular complexity index is 643. The first-order valence-electron chi connectivity index (χ1n) is 8.54.